The van der Waals surface area contributed by atoms with Gasteiger partial charge in [-0.2, -0.15) is 0 Å². The molecule has 1 atom stereocenters. The molecule has 7 heteroatoms. The first-order chi connectivity index (χ1) is 16.9. The van der Waals surface area contributed by atoms with E-state index in [1.165, 1.54) is 22.4 Å². The maximum absolute atomic E-state index is 13.5. The van der Waals surface area contributed by atoms with E-state index in [-0.39, 0.29) is 11.8 Å². The standard InChI is InChI=1S/C28H29N3O4/c1-20-10-12-21(13-11-20)19-29-27(34)23-14-17-30(18-15-23)28(35)25(31-16-6-5-9-24(31)32)26(33)22-7-3-2-4-8-22/h2-13,16,23,25H,14-15,17-19H2,1H3,(H,29,34). The van der Waals surface area contributed by atoms with E-state index in [4.69, 9.17) is 0 Å². The summed E-state index contributed by atoms with van der Waals surface area (Å²) in [7, 11) is 0. The summed E-state index contributed by atoms with van der Waals surface area (Å²) < 4.78 is 1.19. The lowest BCUT2D eigenvalue weighted by molar-refractivity contribution is -0.137. The predicted molar refractivity (Wildman–Crippen MR) is 133 cm³/mol. The Balaban J connectivity index is 1.43. The number of amides is 2. The van der Waals surface area contributed by atoms with Crippen LogP contribution in [0, 0.1) is 12.8 Å². The van der Waals surface area contributed by atoms with Crippen LogP contribution in [0.1, 0.15) is 40.4 Å². The van der Waals surface area contributed by atoms with Gasteiger partial charge in [-0.05, 0) is 31.4 Å². The summed E-state index contributed by atoms with van der Waals surface area (Å²) in [4.78, 5) is 53.7. The van der Waals surface area contributed by atoms with Crippen molar-refractivity contribution in [1.82, 2.24) is 14.8 Å². The van der Waals surface area contributed by atoms with Crippen LogP contribution in [0.5, 0.6) is 0 Å². The lowest BCUT2D eigenvalue weighted by atomic mass is 9.94. The lowest BCUT2D eigenvalue weighted by Gasteiger charge is -2.33. The second-order valence-corrected chi connectivity index (χ2v) is 8.88. The molecule has 1 fully saturated rings. The Morgan fingerprint density at radius 1 is 0.914 bits per heavy atom. The number of carbonyl (C=O) groups is 3. The van der Waals surface area contributed by atoms with Crippen molar-refractivity contribution in [2.24, 2.45) is 5.92 Å². The summed E-state index contributed by atoms with van der Waals surface area (Å²) in [6, 6.07) is 19.8. The highest BCUT2D eigenvalue weighted by molar-refractivity contribution is 6.11. The number of piperidine rings is 1. The Morgan fingerprint density at radius 3 is 2.23 bits per heavy atom. The number of ketones is 1. The number of benzene rings is 2. The number of nitrogens with one attached hydrogen (secondary N) is 1. The van der Waals surface area contributed by atoms with Crippen molar-refractivity contribution < 1.29 is 14.4 Å². The number of carbonyl (C=O) groups excluding carboxylic acids is 3. The van der Waals surface area contributed by atoms with Crippen molar-refractivity contribution >= 4 is 17.6 Å². The van der Waals surface area contributed by atoms with Crippen LogP contribution in [0.15, 0.2) is 83.8 Å². The van der Waals surface area contributed by atoms with E-state index in [0.717, 1.165) is 5.56 Å². The first-order valence-corrected chi connectivity index (χ1v) is 11.8. The fourth-order valence-electron chi connectivity index (χ4n) is 4.35. The number of likely N-dealkylation sites (tertiary alicyclic amines) is 1. The highest BCUT2D eigenvalue weighted by Gasteiger charge is 2.36. The molecular weight excluding hydrogens is 442 g/mol. The third-order valence-electron chi connectivity index (χ3n) is 6.43. The second kappa shape index (κ2) is 11.0. The highest BCUT2D eigenvalue weighted by atomic mass is 16.2. The molecule has 3 aromatic rings. The lowest BCUT2D eigenvalue weighted by Crippen LogP contribution is -2.48. The third-order valence-corrected chi connectivity index (χ3v) is 6.43. The molecule has 1 aliphatic rings. The molecular formula is C28H29N3O4. The SMILES string of the molecule is Cc1ccc(CNC(=O)C2CCN(C(=O)C(C(=O)c3ccccc3)n3ccccc3=O)CC2)cc1. The van der Waals surface area contributed by atoms with Crippen LogP contribution < -0.4 is 10.9 Å². The molecule has 0 spiro atoms. The number of aromatic nitrogens is 1. The normalized spacial score (nSPS) is 14.8. The number of nitrogens with zero attached hydrogens (tertiary/aromatic N) is 2. The van der Waals surface area contributed by atoms with Crippen LogP contribution in [0.4, 0.5) is 0 Å². The molecule has 1 N–H and O–H groups in total. The van der Waals surface area contributed by atoms with E-state index in [1.54, 1.807) is 47.4 Å². The van der Waals surface area contributed by atoms with Gasteiger partial charge < -0.3 is 10.2 Å². The summed E-state index contributed by atoms with van der Waals surface area (Å²) in [6.45, 7) is 3.18. The van der Waals surface area contributed by atoms with Gasteiger partial charge in [0.25, 0.3) is 11.5 Å². The van der Waals surface area contributed by atoms with Crippen molar-refractivity contribution in [3.05, 3.63) is 106 Å². The van der Waals surface area contributed by atoms with Gasteiger partial charge in [0.2, 0.25) is 5.91 Å². The Hall–Kier alpha value is -4.00. The Bertz CT molecular complexity index is 1240. The summed E-state index contributed by atoms with van der Waals surface area (Å²) in [5, 5.41) is 2.99. The van der Waals surface area contributed by atoms with E-state index < -0.39 is 23.3 Å². The van der Waals surface area contributed by atoms with Crippen molar-refractivity contribution in [2.45, 2.75) is 32.4 Å². The number of pyridine rings is 1. The van der Waals surface area contributed by atoms with Crippen molar-refractivity contribution in [3.8, 4) is 0 Å². The summed E-state index contributed by atoms with van der Waals surface area (Å²) in [5.41, 5.74) is 2.15. The maximum atomic E-state index is 13.5. The Kier molecular flexibility index (Phi) is 7.55. The number of hydrogen-bond donors (Lipinski definition) is 1. The quantitative estimate of drug-likeness (QED) is 0.424. The van der Waals surface area contributed by atoms with Crippen LogP contribution in [-0.2, 0) is 16.1 Å². The molecule has 35 heavy (non-hydrogen) atoms. The molecule has 1 unspecified atom stereocenters. The van der Waals surface area contributed by atoms with Crippen LogP contribution in [-0.4, -0.2) is 40.2 Å². The van der Waals surface area contributed by atoms with E-state index >= 15 is 0 Å². The zero-order valence-corrected chi connectivity index (χ0v) is 19.7. The largest absolute Gasteiger partial charge is 0.352 e. The minimum absolute atomic E-state index is 0.0335. The molecule has 0 radical (unpaired) electrons. The highest BCUT2D eigenvalue weighted by Crippen LogP contribution is 2.23. The number of Topliss-reactive ketones (excluding diaryl/α,β-unsaturated/α-hetero) is 1. The van der Waals surface area contributed by atoms with Crippen molar-refractivity contribution in [1.29, 1.82) is 0 Å². The minimum atomic E-state index is -1.28. The number of hydrogen-bond acceptors (Lipinski definition) is 4. The van der Waals surface area contributed by atoms with E-state index in [0.29, 0.717) is 38.0 Å². The second-order valence-electron chi connectivity index (χ2n) is 8.88. The molecule has 1 aromatic heterocycles. The third kappa shape index (κ3) is 5.74. The van der Waals surface area contributed by atoms with Gasteiger partial charge in [-0.15, -0.1) is 0 Å². The fraction of sp³-hybridized carbons (Fsp3) is 0.286. The summed E-state index contributed by atoms with van der Waals surface area (Å²) in [6.07, 6.45) is 2.47. The molecule has 2 amide bonds. The fourth-order valence-corrected chi connectivity index (χ4v) is 4.35. The molecule has 180 valence electrons. The van der Waals surface area contributed by atoms with Gasteiger partial charge in [0.1, 0.15) is 0 Å². The molecule has 1 aliphatic heterocycles. The Labute approximate surface area is 204 Å². The average Bonchev–Trinajstić information content (AvgIpc) is 2.90. The first-order valence-electron chi connectivity index (χ1n) is 11.8. The van der Waals surface area contributed by atoms with Crippen molar-refractivity contribution in [2.75, 3.05) is 13.1 Å². The van der Waals surface area contributed by atoms with E-state index in [9.17, 15) is 19.2 Å². The van der Waals surface area contributed by atoms with E-state index in [1.807, 2.05) is 31.2 Å². The predicted octanol–water partition coefficient (Wildman–Crippen LogP) is 3.14. The molecule has 0 aliphatic carbocycles. The molecule has 1 saturated heterocycles. The van der Waals surface area contributed by atoms with Gasteiger partial charge in [-0.25, -0.2) is 0 Å². The van der Waals surface area contributed by atoms with Gasteiger partial charge in [-0.1, -0.05) is 66.2 Å². The van der Waals surface area contributed by atoms with Crippen LogP contribution >= 0.6 is 0 Å². The van der Waals surface area contributed by atoms with Crippen LogP contribution in [0.25, 0.3) is 0 Å². The molecule has 0 saturated carbocycles. The van der Waals surface area contributed by atoms with Crippen molar-refractivity contribution in [3.63, 3.8) is 0 Å². The monoisotopic (exact) mass is 471 g/mol. The van der Waals surface area contributed by atoms with Crippen LogP contribution in [0.3, 0.4) is 0 Å². The molecule has 2 heterocycles. The van der Waals surface area contributed by atoms with Gasteiger partial charge >= 0.3 is 0 Å². The van der Waals surface area contributed by atoms with Gasteiger partial charge in [0.05, 0.1) is 0 Å². The summed E-state index contributed by atoms with van der Waals surface area (Å²) in [5.74, 6) is -1.09. The Morgan fingerprint density at radius 2 is 1.57 bits per heavy atom. The maximum Gasteiger partial charge on any atom is 0.253 e. The summed E-state index contributed by atoms with van der Waals surface area (Å²) >= 11 is 0. The molecule has 4 rings (SSSR count). The molecule has 2 aromatic carbocycles. The zero-order chi connectivity index (χ0) is 24.8. The number of aryl methyl sites for hydroxylation is 1. The minimum Gasteiger partial charge on any atom is -0.352 e. The zero-order valence-electron chi connectivity index (χ0n) is 19.7. The van der Waals surface area contributed by atoms with Gasteiger partial charge in [0, 0.05) is 43.4 Å². The van der Waals surface area contributed by atoms with E-state index in [2.05, 4.69) is 5.32 Å². The van der Waals surface area contributed by atoms with Crippen LogP contribution in [0.2, 0.25) is 0 Å². The van der Waals surface area contributed by atoms with Gasteiger partial charge in [0.15, 0.2) is 11.8 Å². The molecule has 0 bridgehead atoms. The first kappa shape index (κ1) is 24.1. The number of rotatable bonds is 7. The topological polar surface area (TPSA) is 88.5 Å². The van der Waals surface area contributed by atoms with Gasteiger partial charge in [-0.3, -0.25) is 23.7 Å². The molecule has 7 nitrogen and oxygen atoms in total. The smallest absolute Gasteiger partial charge is 0.253 e. The average molecular weight is 472 g/mol.